The van der Waals surface area contributed by atoms with E-state index >= 15 is 0 Å². The predicted molar refractivity (Wildman–Crippen MR) is 111 cm³/mol. The third-order valence-corrected chi connectivity index (χ3v) is 5.42. The fourth-order valence-electron chi connectivity index (χ4n) is 3.50. The van der Waals surface area contributed by atoms with Gasteiger partial charge in [0, 0.05) is 27.8 Å². The molecule has 1 heterocycles. The van der Waals surface area contributed by atoms with Crippen LogP contribution in [0.1, 0.15) is 39.3 Å². The van der Waals surface area contributed by atoms with Crippen molar-refractivity contribution in [1.29, 1.82) is 0 Å². The van der Waals surface area contributed by atoms with Crippen molar-refractivity contribution in [2.75, 3.05) is 5.32 Å². The molecule has 152 valence electrons. The second-order valence-corrected chi connectivity index (χ2v) is 7.81. The lowest BCUT2D eigenvalue weighted by Crippen LogP contribution is -2.33. The molecule has 1 aromatic heterocycles. The molecule has 0 radical (unpaired) electrons. The van der Waals surface area contributed by atoms with E-state index in [1.54, 1.807) is 6.07 Å². The summed E-state index contributed by atoms with van der Waals surface area (Å²) in [7, 11) is 0. The van der Waals surface area contributed by atoms with E-state index in [2.05, 4.69) is 21.2 Å². The van der Waals surface area contributed by atoms with Crippen LogP contribution < -0.4 is 10.9 Å². The van der Waals surface area contributed by atoms with Crippen molar-refractivity contribution in [1.82, 2.24) is 4.57 Å². The molecule has 1 N–H and O–H groups in total. The van der Waals surface area contributed by atoms with E-state index in [0.29, 0.717) is 35.1 Å². The number of fused-ring (bicyclic) bond motifs is 1. The Balaban J connectivity index is 1.86. The molecular formula is C22H15BrF2N2O3. The number of rotatable bonds is 3. The van der Waals surface area contributed by atoms with Crippen LogP contribution in [-0.4, -0.2) is 16.3 Å². The average molecular weight is 473 g/mol. The summed E-state index contributed by atoms with van der Waals surface area (Å²) in [6.07, 6.45) is 1.34. The van der Waals surface area contributed by atoms with Crippen molar-refractivity contribution in [3.63, 3.8) is 0 Å². The van der Waals surface area contributed by atoms with Gasteiger partial charge in [0.05, 0.1) is 5.69 Å². The highest BCUT2D eigenvalue weighted by atomic mass is 79.9. The van der Waals surface area contributed by atoms with E-state index in [-0.39, 0.29) is 22.6 Å². The minimum absolute atomic E-state index is 0.0972. The van der Waals surface area contributed by atoms with Gasteiger partial charge in [-0.05, 0) is 61.4 Å². The number of carbonyl (C=O) groups excluding carboxylic acids is 2. The van der Waals surface area contributed by atoms with Gasteiger partial charge in [0.25, 0.3) is 11.5 Å². The zero-order valence-corrected chi connectivity index (χ0v) is 17.1. The van der Waals surface area contributed by atoms with Crippen molar-refractivity contribution >= 4 is 33.3 Å². The van der Waals surface area contributed by atoms with Gasteiger partial charge in [-0.25, -0.2) is 8.78 Å². The van der Waals surface area contributed by atoms with Crippen LogP contribution in [0, 0.1) is 11.6 Å². The number of carbonyl (C=O) groups is 2. The Kier molecular flexibility index (Phi) is 5.34. The van der Waals surface area contributed by atoms with Crippen LogP contribution in [0.5, 0.6) is 0 Å². The maximum absolute atomic E-state index is 14.1. The number of hydrogen-bond acceptors (Lipinski definition) is 3. The van der Waals surface area contributed by atoms with E-state index in [1.165, 1.54) is 47.0 Å². The second kappa shape index (κ2) is 7.95. The van der Waals surface area contributed by atoms with Crippen molar-refractivity contribution in [3.8, 4) is 5.69 Å². The largest absolute Gasteiger partial charge is 0.319 e. The Morgan fingerprint density at radius 1 is 1.00 bits per heavy atom. The summed E-state index contributed by atoms with van der Waals surface area (Å²) in [6.45, 7) is 0. The van der Waals surface area contributed by atoms with E-state index in [4.69, 9.17) is 0 Å². The third kappa shape index (κ3) is 3.70. The molecule has 0 spiro atoms. The zero-order valence-electron chi connectivity index (χ0n) is 15.5. The lowest BCUT2D eigenvalue weighted by atomic mass is 9.92. The molecule has 2 aromatic carbocycles. The number of hydrogen-bond donors (Lipinski definition) is 1. The Bertz CT molecular complexity index is 1240. The first-order chi connectivity index (χ1) is 14.3. The molecule has 0 saturated carbocycles. The molecule has 0 atom stereocenters. The van der Waals surface area contributed by atoms with Gasteiger partial charge in [-0.2, -0.15) is 0 Å². The molecule has 0 fully saturated rings. The quantitative estimate of drug-likeness (QED) is 0.603. The van der Waals surface area contributed by atoms with Crippen LogP contribution in [-0.2, 0) is 6.42 Å². The highest BCUT2D eigenvalue weighted by molar-refractivity contribution is 9.10. The van der Waals surface area contributed by atoms with Crippen LogP contribution in [0.15, 0.2) is 57.8 Å². The van der Waals surface area contributed by atoms with E-state index in [1.807, 2.05) is 0 Å². The number of aromatic nitrogens is 1. The molecule has 0 unspecified atom stereocenters. The van der Waals surface area contributed by atoms with E-state index in [9.17, 15) is 23.2 Å². The molecule has 5 nitrogen and oxygen atoms in total. The molecule has 1 aliphatic rings. The monoisotopic (exact) mass is 472 g/mol. The Labute approximate surface area is 178 Å². The SMILES string of the molecule is O=C1CCCc2c1cc(C(=O)Nc1ccc(Br)cc1F)c(=O)n2-c1ccc(F)cc1. The average Bonchev–Trinajstić information content (AvgIpc) is 2.71. The van der Waals surface area contributed by atoms with Crippen molar-refractivity contribution in [2.24, 2.45) is 0 Å². The van der Waals surface area contributed by atoms with Gasteiger partial charge < -0.3 is 5.32 Å². The van der Waals surface area contributed by atoms with Crippen LogP contribution in [0.3, 0.4) is 0 Å². The van der Waals surface area contributed by atoms with Crippen LogP contribution in [0.25, 0.3) is 5.69 Å². The highest BCUT2D eigenvalue weighted by Gasteiger charge is 2.26. The normalized spacial score (nSPS) is 13.1. The predicted octanol–water partition coefficient (Wildman–Crippen LogP) is 4.65. The molecule has 4 rings (SSSR count). The first-order valence-electron chi connectivity index (χ1n) is 9.19. The number of amides is 1. The molecule has 0 saturated heterocycles. The zero-order chi connectivity index (χ0) is 21.4. The standard InChI is InChI=1S/C22H15BrF2N2O3/c23-12-4-9-18(17(25)10-12)26-21(29)16-11-15-19(2-1-3-20(15)28)27(22(16)30)14-7-5-13(24)6-8-14/h4-11H,1-3H2,(H,26,29). The maximum Gasteiger partial charge on any atom is 0.268 e. The lowest BCUT2D eigenvalue weighted by molar-refractivity contribution is 0.0971. The van der Waals surface area contributed by atoms with E-state index in [0.717, 1.165) is 0 Å². The van der Waals surface area contributed by atoms with Gasteiger partial charge in [-0.3, -0.25) is 19.0 Å². The van der Waals surface area contributed by atoms with Crippen molar-refractivity contribution in [2.45, 2.75) is 19.3 Å². The molecule has 30 heavy (non-hydrogen) atoms. The number of Topliss-reactive ketones (excluding diaryl/α,β-unsaturated/α-hetero) is 1. The first-order valence-corrected chi connectivity index (χ1v) is 9.99. The number of anilines is 1. The molecule has 0 bridgehead atoms. The van der Waals surface area contributed by atoms with Crippen molar-refractivity contribution < 1.29 is 18.4 Å². The topological polar surface area (TPSA) is 68.2 Å². The van der Waals surface area contributed by atoms with Gasteiger partial charge in [0.15, 0.2) is 5.78 Å². The van der Waals surface area contributed by atoms with E-state index < -0.39 is 23.1 Å². The Morgan fingerprint density at radius 3 is 2.43 bits per heavy atom. The molecule has 0 aliphatic heterocycles. The number of pyridine rings is 1. The fraction of sp³-hybridized carbons (Fsp3) is 0.136. The highest BCUT2D eigenvalue weighted by Crippen LogP contribution is 2.25. The number of ketones is 1. The van der Waals surface area contributed by atoms with Crippen molar-refractivity contribution in [3.05, 3.63) is 91.8 Å². The lowest BCUT2D eigenvalue weighted by Gasteiger charge is -2.21. The summed E-state index contributed by atoms with van der Waals surface area (Å²) < 4.78 is 29.3. The summed E-state index contributed by atoms with van der Waals surface area (Å²) in [6, 6.07) is 10.6. The fourth-order valence-corrected chi connectivity index (χ4v) is 3.83. The number of benzene rings is 2. The summed E-state index contributed by atoms with van der Waals surface area (Å²) in [4.78, 5) is 38.5. The number of nitrogens with zero attached hydrogens (tertiary/aromatic N) is 1. The smallest absolute Gasteiger partial charge is 0.268 e. The first kappa shape index (κ1) is 20.2. The molecule has 3 aromatic rings. The van der Waals surface area contributed by atoms with Crippen LogP contribution >= 0.6 is 15.9 Å². The number of halogens is 3. The molecule has 1 aliphatic carbocycles. The van der Waals surface area contributed by atoms with Gasteiger partial charge in [-0.15, -0.1) is 0 Å². The molecular weight excluding hydrogens is 458 g/mol. The summed E-state index contributed by atoms with van der Waals surface area (Å²) in [5.74, 6) is -2.17. The Morgan fingerprint density at radius 2 is 1.73 bits per heavy atom. The van der Waals surface area contributed by atoms with Crippen LogP contribution in [0.2, 0.25) is 0 Å². The van der Waals surface area contributed by atoms with Gasteiger partial charge in [-0.1, -0.05) is 15.9 Å². The Hall–Kier alpha value is -3.13. The summed E-state index contributed by atoms with van der Waals surface area (Å²) in [5, 5.41) is 2.38. The van der Waals surface area contributed by atoms with Gasteiger partial charge in [0.2, 0.25) is 0 Å². The molecule has 1 amide bonds. The second-order valence-electron chi connectivity index (χ2n) is 6.89. The maximum atomic E-state index is 14.1. The minimum atomic E-state index is -0.835. The number of nitrogens with one attached hydrogen (secondary N) is 1. The van der Waals surface area contributed by atoms with Crippen LogP contribution in [0.4, 0.5) is 14.5 Å². The summed E-state index contributed by atoms with van der Waals surface area (Å²) in [5.41, 5.74) is 0.0401. The summed E-state index contributed by atoms with van der Waals surface area (Å²) >= 11 is 3.14. The molecule has 8 heteroatoms. The minimum Gasteiger partial charge on any atom is -0.319 e. The third-order valence-electron chi connectivity index (χ3n) is 4.93. The van der Waals surface area contributed by atoms with Gasteiger partial charge in [0.1, 0.15) is 17.2 Å². The van der Waals surface area contributed by atoms with Gasteiger partial charge >= 0.3 is 0 Å².